The minimum atomic E-state index is -0.434. The fourth-order valence-corrected chi connectivity index (χ4v) is 5.13. The van der Waals surface area contributed by atoms with Crippen molar-refractivity contribution in [2.45, 2.75) is 25.3 Å². The number of hydrogen-bond acceptors (Lipinski definition) is 6. The number of carbonyl (C=O) groups excluding carboxylic acids is 1. The van der Waals surface area contributed by atoms with Crippen molar-refractivity contribution in [3.63, 3.8) is 0 Å². The van der Waals surface area contributed by atoms with Crippen molar-refractivity contribution in [1.82, 2.24) is 10.3 Å². The zero-order valence-corrected chi connectivity index (χ0v) is 19.6. The summed E-state index contributed by atoms with van der Waals surface area (Å²) < 4.78 is 0. The Kier molecular flexibility index (Phi) is 7.67. The van der Waals surface area contributed by atoms with Gasteiger partial charge in [0.15, 0.2) is 0 Å². The molecule has 1 aliphatic carbocycles. The molecule has 0 spiro atoms. The van der Waals surface area contributed by atoms with Crippen molar-refractivity contribution in [1.29, 1.82) is 5.41 Å². The molecule has 0 saturated heterocycles. The number of aromatic nitrogens is 1. The van der Waals surface area contributed by atoms with Crippen LogP contribution in [0.15, 0.2) is 84.9 Å². The van der Waals surface area contributed by atoms with E-state index in [1.165, 1.54) is 11.3 Å². The molecule has 3 aromatic rings. The molecule has 7 heteroatoms. The van der Waals surface area contributed by atoms with Gasteiger partial charge in [0.2, 0.25) is 0 Å². The van der Waals surface area contributed by atoms with Gasteiger partial charge in [-0.25, -0.2) is 0 Å². The van der Waals surface area contributed by atoms with Gasteiger partial charge >= 0.3 is 0 Å². The first-order valence-corrected chi connectivity index (χ1v) is 12.1. The zero-order chi connectivity index (χ0) is 23.9. The number of hydrogen-bond donors (Lipinski definition) is 4. The number of carbonyl (C=O) groups is 1. The minimum Gasteiger partial charge on any atom is -0.512 e. The molecule has 2 unspecified atom stereocenters. The van der Waals surface area contributed by atoms with Crippen LogP contribution in [0, 0.1) is 11.3 Å². The molecule has 1 aromatic carbocycles. The predicted octanol–water partition coefficient (Wildman–Crippen LogP) is 4.89. The Morgan fingerprint density at radius 3 is 2.85 bits per heavy atom. The molecule has 1 amide bonds. The van der Waals surface area contributed by atoms with Crippen LogP contribution in [0.1, 0.15) is 33.6 Å². The van der Waals surface area contributed by atoms with Gasteiger partial charge in [0.05, 0.1) is 10.6 Å². The molecular weight excluding hydrogens is 444 g/mol. The molecule has 2 heterocycles. The maximum Gasteiger partial charge on any atom is 0.261 e. The van der Waals surface area contributed by atoms with E-state index in [2.05, 4.69) is 16.4 Å². The normalized spacial score (nSPS) is 16.0. The molecule has 2 atom stereocenters. The van der Waals surface area contributed by atoms with E-state index in [-0.39, 0.29) is 24.0 Å². The smallest absolute Gasteiger partial charge is 0.261 e. The van der Waals surface area contributed by atoms with E-state index in [9.17, 15) is 9.90 Å². The Morgan fingerprint density at radius 1 is 1.24 bits per heavy atom. The highest BCUT2D eigenvalue weighted by Gasteiger charge is 2.29. The molecule has 0 aliphatic heterocycles. The first kappa shape index (κ1) is 23.6. The molecule has 5 N–H and O–H groups in total. The molecule has 1 aliphatic rings. The lowest BCUT2D eigenvalue weighted by Gasteiger charge is -2.28. The van der Waals surface area contributed by atoms with Crippen molar-refractivity contribution < 1.29 is 9.90 Å². The van der Waals surface area contributed by atoms with Crippen LogP contribution in [0.4, 0.5) is 0 Å². The van der Waals surface area contributed by atoms with E-state index in [4.69, 9.17) is 11.1 Å². The number of pyridine rings is 1. The van der Waals surface area contributed by atoms with Gasteiger partial charge in [0.25, 0.3) is 5.91 Å². The Labute approximate surface area is 203 Å². The maximum absolute atomic E-state index is 13.3. The molecule has 0 fully saturated rings. The Balaban J connectivity index is 1.55. The van der Waals surface area contributed by atoms with Crippen molar-refractivity contribution in [2.24, 2.45) is 11.7 Å². The van der Waals surface area contributed by atoms with E-state index in [0.29, 0.717) is 29.1 Å². The van der Waals surface area contributed by atoms with Crippen LogP contribution in [-0.2, 0) is 6.42 Å². The maximum atomic E-state index is 13.3. The van der Waals surface area contributed by atoms with Gasteiger partial charge in [0.1, 0.15) is 0 Å². The summed E-state index contributed by atoms with van der Waals surface area (Å²) in [5, 5.41) is 22.2. The van der Waals surface area contributed by atoms with Crippen molar-refractivity contribution in [3.8, 4) is 10.4 Å². The summed E-state index contributed by atoms with van der Waals surface area (Å²) in [6, 6.07) is 15.1. The lowest BCUT2D eigenvalue weighted by Crippen LogP contribution is -2.42. The second-order valence-corrected chi connectivity index (χ2v) is 9.31. The van der Waals surface area contributed by atoms with Gasteiger partial charge in [0, 0.05) is 46.9 Å². The summed E-state index contributed by atoms with van der Waals surface area (Å²) in [5.74, 6) is -0.288. The monoisotopic (exact) mass is 472 g/mol. The lowest BCUT2D eigenvalue weighted by molar-refractivity contribution is 0.0926. The summed E-state index contributed by atoms with van der Waals surface area (Å²) in [5.41, 5.74) is 9.08. The van der Waals surface area contributed by atoms with Crippen LogP contribution in [0.25, 0.3) is 10.4 Å². The predicted molar refractivity (Wildman–Crippen MR) is 137 cm³/mol. The molecule has 4 rings (SSSR count). The number of aliphatic hydroxyl groups excluding tert-OH is 1. The van der Waals surface area contributed by atoms with Crippen LogP contribution in [-0.4, -0.2) is 34.3 Å². The highest BCUT2D eigenvalue weighted by molar-refractivity contribution is 7.17. The zero-order valence-electron chi connectivity index (χ0n) is 18.8. The molecule has 0 bridgehead atoms. The number of thiophene rings is 1. The van der Waals surface area contributed by atoms with E-state index in [1.807, 2.05) is 48.6 Å². The highest BCUT2D eigenvalue weighted by atomic mass is 32.1. The minimum absolute atomic E-state index is 0.209. The summed E-state index contributed by atoms with van der Waals surface area (Å²) in [6.45, 7) is 0.563. The van der Waals surface area contributed by atoms with Gasteiger partial charge in [-0.2, -0.15) is 0 Å². The number of nitrogens with one attached hydrogen (secondary N) is 2. The first-order chi connectivity index (χ1) is 16.6. The number of allylic oxidation sites excluding steroid dienone is 3. The average Bonchev–Trinajstić information content (AvgIpc) is 3.35. The molecule has 2 aromatic heterocycles. The fourth-order valence-electron chi connectivity index (χ4n) is 4.16. The van der Waals surface area contributed by atoms with Crippen molar-refractivity contribution in [2.75, 3.05) is 6.54 Å². The summed E-state index contributed by atoms with van der Waals surface area (Å²) in [7, 11) is 0. The fraction of sp³-hybridized carbons (Fsp3) is 0.222. The van der Waals surface area contributed by atoms with Crippen molar-refractivity contribution in [3.05, 3.63) is 101 Å². The molecule has 0 saturated carbocycles. The average molecular weight is 473 g/mol. The molecule has 0 radical (unpaired) electrons. The van der Waals surface area contributed by atoms with Crippen molar-refractivity contribution >= 4 is 23.0 Å². The standard InChI is InChI=1S/C27H28N4O2S/c28-14-13-18-6-1-2-8-20(18)25-11-12-26(34-25)27(33)31-23(21-9-3-4-10-24(21)32)16-22(29)19-7-5-15-30-17-19/h1-8,10-12,15,17,21,23,29,32H,9,13-14,16,28H2,(H,31,33). The van der Waals surface area contributed by atoms with Gasteiger partial charge in [-0.05, 0) is 54.8 Å². The molecular formula is C27H28N4O2S. The summed E-state index contributed by atoms with van der Waals surface area (Å²) in [6.07, 6.45) is 10.4. The number of nitrogens with two attached hydrogens (primary N) is 1. The lowest BCUT2D eigenvalue weighted by atomic mass is 9.86. The Bertz CT molecular complexity index is 1220. The second kappa shape index (κ2) is 11.0. The Hall–Kier alpha value is -3.55. The number of benzene rings is 1. The topological polar surface area (TPSA) is 112 Å². The number of aliphatic hydroxyl groups is 1. The van der Waals surface area contributed by atoms with Gasteiger partial charge in [-0.1, -0.05) is 42.5 Å². The summed E-state index contributed by atoms with van der Waals surface area (Å²) in [4.78, 5) is 18.9. The van der Waals surface area contributed by atoms with E-state index >= 15 is 0 Å². The quantitative estimate of drug-likeness (QED) is 0.332. The Morgan fingerprint density at radius 2 is 2.09 bits per heavy atom. The van der Waals surface area contributed by atoms with E-state index < -0.39 is 6.04 Å². The molecule has 6 nitrogen and oxygen atoms in total. The van der Waals surface area contributed by atoms with E-state index in [0.717, 1.165) is 22.4 Å². The van der Waals surface area contributed by atoms with Gasteiger partial charge < -0.3 is 21.6 Å². The summed E-state index contributed by atoms with van der Waals surface area (Å²) >= 11 is 1.43. The van der Waals surface area contributed by atoms with Crippen LogP contribution in [0.5, 0.6) is 0 Å². The largest absolute Gasteiger partial charge is 0.512 e. The van der Waals surface area contributed by atoms with Gasteiger partial charge in [-0.3, -0.25) is 9.78 Å². The third kappa shape index (κ3) is 5.50. The van der Waals surface area contributed by atoms with Crippen LogP contribution in [0.3, 0.4) is 0 Å². The number of nitrogens with zero attached hydrogens (tertiary/aromatic N) is 1. The number of rotatable bonds is 9. The molecule has 174 valence electrons. The van der Waals surface area contributed by atoms with Crippen LogP contribution < -0.4 is 11.1 Å². The first-order valence-electron chi connectivity index (χ1n) is 11.3. The SMILES string of the molecule is N=C(CC(NC(=O)c1ccc(-c2ccccc2CCN)s1)C1CC=CC=C1O)c1cccnc1. The number of amides is 1. The van der Waals surface area contributed by atoms with Gasteiger partial charge in [-0.15, -0.1) is 11.3 Å². The molecule has 34 heavy (non-hydrogen) atoms. The second-order valence-electron chi connectivity index (χ2n) is 8.23. The van der Waals surface area contributed by atoms with E-state index in [1.54, 1.807) is 24.5 Å². The third-order valence-corrected chi connectivity index (χ3v) is 7.05. The highest BCUT2D eigenvalue weighted by Crippen LogP contribution is 2.32. The third-order valence-electron chi connectivity index (χ3n) is 5.94. The van der Waals surface area contributed by atoms with Crippen LogP contribution >= 0.6 is 11.3 Å². The van der Waals surface area contributed by atoms with Crippen LogP contribution in [0.2, 0.25) is 0 Å².